The highest BCUT2D eigenvalue weighted by Crippen LogP contribution is 2.33. The van der Waals surface area contributed by atoms with E-state index >= 15 is 0 Å². The summed E-state index contributed by atoms with van der Waals surface area (Å²) in [6, 6.07) is 12.4. The Morgan fingerprint density at radius 3 is 2.93 bits per heavy atom. The van der Waals surface area contributed by atoms with E-state index in [1.807, 2.05) is 18.2 Å². The summed E-state index contributed by atoms with van der Waals surface area (Å²) >= 11 is 6.45. The van der Waals surface area contributed by atoms with Crippen molar-refractivity contribution in [2.24, 2.45) is 0 Å². The van der Waals surface area contributed by atoms with Gasteiger partial charge in [-0.1, -0.05) is 35.9 Å². The third kappa shape index (κ3) is 4.18. The Morgan fingerprint density at radius 1 is 1.19 bits per heavy atom. The van der Waals surface area contributed by atoms with Crippen LogP contribution in [0.15, 0.2) is 36.4 Å². The van der Waals surface area contributed by atoms with Gasteiger partial charge in [-0.3, -0.25) is 4.79 Å². The van der Waals surface area contributed by atoms with Gasteiger partial charge < -0.3 is 15.2 Å². The Kier molecular flexibility index (Phi) is 5.48. The van der Waals surface area contributed by atoms with Crippen LogP contribution < -0.4 is 5.32 Å². The van der Waals surface area contributed by atoms with Crippen molar-refractivity contribution in [2.75, 3.05) is 18.5 Å². The number of carbonyl (C=O) groups is 1. The molecule has 2 unspecified atom stereocenters. The van der Waals surface area contributed by atoms with Crippen LogP contribution >= 0.6 is 11.6 Å². The Balaban J connectivity index is 1.56. The first kappa shape index (κ1) is 18.5. The molecule has 0 amide bonds. The van der Waals surface area contributed by atoms with Gasteiger partial charge in [-0.2, -0.15) is 0 Å². The van der Waals surface area contributed by atoms with Crippen LogP contribution in [0.3, 0.4) is 0 Å². The lowest BCUT2D eigenvalue weighted by atomic mass is 9.94. The van der Waals surface area contributed by atoms with Crippen molar-refractivity contribution in [1.29, 1.82) is 0 Å². The van der Waals surface area contributed by atoms with Crippen LogP contribution in [0.2, 0.25) is 5.02 Å². The van der Waals surface area contributed by atoms with Crippen molar-refractivity contribution in [3.8, 4) is 0 Å². The molecule has 0 saturated carbocycles. The number of aliphatic hydroxyl groups is 1. The monoisotopic (exact) mass is 385 g/mol. The Morgan fingerprint density at radius 2 is 2.07 bits per heavy atom. The van der Waals surface area contributed by atoms with Gasteiger partial charge in [-0.25, -0.2) is 0 Å². The summed E-state index contributed by atoms with van der Waals surface area (Å²) in [5, 5.41) is 13.5. The largest absolute Gasteiger partial charge is 0.394 e. The molecule has 4 rings (SSSR count). The van der Waals surface area contributed by atoms with Gasteiger partial charge in [-0.05, 0) is 53.6 Å². The molecule has 1 fully saturated rings. The highest BCUT2D eigenvalue weighted by molar-refractivity contribution is 6.31. The molecule has 1 saturated heterocycles. The van der Waals surface area contributed by atoms with Gasteiger partial charge in [0.25, 0.3) is 0 Å². The summed E-state index contributed by atoms with van der Waals surface area (Å²) < 4.78 is 5.89. The Hall–Kier alpha value is -1.88. The van der Waals surface area contributed by atoms with E-state index in [0.717, 1.165) is 30.5 Å². The summed E-state index contributed by atoms with van der Waals surface area (Å²) in [6.07, 6.45) is 2.93. The number of nitrogens with one attached hydrogen (secondary N) is 1. The van der Waals surface area contributed by atoms with Crippen LogP contribution in [0.1, 0.15) is 47.6 Å². The quantitative estimate of drug-likeness (QED) is 0.832. The van der Waals surface area contributed by atoms with Crippen LogP contribution in [-0.4, -0.2) is 30.1 Å². The number of hydrogen-bond donors (Lipinski definition) is 2. The highest BCUT2D eigenvalue weighted by Gasteiger charge is 2.28. The molecule has 2 aromatic carbocycles. The average molecular weight is 386 g/mol. The van der Waals surface area contributed by atoms with Crippen LogP contribution in [0, 0.1) is 0 Å². The maximum atomic E-state index is 12.0. The van der Waals surface area contributed by atoms with Gasteiger partial charge in [0.05, 0.1) is 18.8 Å². The number of fused-ring (bicyclic) bond motifs is 1. The molecule has 2 aliphatic rings. The number of hydrogen-bond acceptors (Lipinski definition) is 4. The third-order valence-corrected chi connectivity index (χ3v) is 5.75. The van der Waals surface area contributed by atoms with Crippen molar-refractivity contribution in [1.82, 2.24) is 0 Å². The fourth-order valence-corrected chi connectivity index (χ4v) is 4.13. The van der Waals surface area contributed by atoms with E-state index in [4.69, 9.17) is 16.3 Å². The van der Waals surface area contributed by atoms with E-state index < -0.39 is 6.10 Å². The first-order valence-electron chi connectivity index (χ1n) is 9.54. The zero-order chi connectivity index (χ0) is 18.8. The fraction of sp³-hybridized carbons (Fsp3) is 0.409. The summed E-state index contributed by atoms with van der Waals surface area (Å²) in [4.78, 5) is 12.0. The lowest BCUT2D eigenvalue weighted by molar-refractivity contribution is -0.139. The SMILES string of the molecule is O=C1CC(CO)OC(c2ccc(Cl)c(Cc3ccc4c(c3)NCCC4)c2)C1. The van der Waals surface area contributed by atoms with Crippen LogP contribution in [0.25, 0.3) is 0 Å². The summed E-state index contributed by atoms with van der Waals surface area (Å²) in [5.74, 6) is 0.127. The number of anilines is 1. The van der Waals surface area contributed by atoms with E-state index in [1.54, 1.807) is 0 Å². The van der Waals surface area contributed by atoms with Gasteiger partial charge in [-0.15, -0.1) is 0 Å². The first-order chi connectivity index (χ1) is 13.1. The molecular formula is C22H24ClNO3. The van der Waals surface area contributed by atoms with Crippen molar-refractivity contribution >= 4 is 23.1 Å². The van der Waals surface area contributed by atoms with Crippen molar-refractivity contribution in [3.63, 3.8) is 0 Å². The number of rotatable bonds is 4. The molecule has 2 aromatic rings. The van der Waals surface area contributed by atoms with Gasteiger partial charge >= 0.3 is 0 Å². The number of ether oxygens (including phenoxy) is 1. The molecule has 2 N–H and O–H groups in total. The van der Waals surface area contributed by atoms with Crippen LogP contribution in [0.5, 0.6) is 0 Å². The van der Waals surface area contributed by atoms with Crippen molar-refractivity contribution in [3.05, 3.63) is 63.7 Å². The summed E-state index contributed by atoms with van der Waals surface area (Å²) in [6.45, 7) is 0.885. The molecule has 27 heavy (non-hydrogen) atoms. The minimum atomic E-state index is -0.415. The van der Waals surface area contributed by atoms with Gasteiger partial charge in [0.15, 0.2) is 0 Å². The van der Waals surface area contributed by atoms with E-state index in [-0.39, 0.29) is 24.9 Å². The molecule has 4 nitrogen and oxygen atoms in total. The van der Waals surface area contributed by atoms with E-state index in [0.29, 0.717) is 11.4 Å². The molecule has 2 atom stereocenters. The first-order valence-corrected chi connectivity index (χ1v) is 9.92. The molecule has 142 valence electrons. The number of benzene rings is 2. The lowest BCUT2D eigenvalue weighted by Crippen LogP contribution is -2.30. The molecule has 0 bridgehead atoms. The predicted molar refractivity (Wildman–Crippen MR) is 106 cm³/mol. The number of carbonyl (C=O) groups excluding carboxylic acids is 1. The second-order valence-corrected chi connectivity index (χ2v) is 7.83. The van der Waals surface area contributed by atoms with Crippen LogP contribution in [0.4, 0.5) is 5.69 Å². The minimum Gasteiger partial charge on any atom is -0.394 e. The number of aliphatic hydroxyl groups excluding tert-OH is 1. The molecule has 0 aromatic heterocycles. The smallest absolute Gasteiger partial charge is 0.138 e. The number of Topliss-reactive ketones (excluding diaryl/α,β-unsaturated/α-hetero) is 1. The number of aryl methyl sites for hydroxylation is 1. The molecule has 0 spiro atoms. The maximum absolute atomic E-state index is 12.0. The number of ketones is 1. The molecule has 0 aliphatic carbocycles. The second kappa shape index (κ2) is 8.01. The average Bonchev–Trinajstić information content (AvgIpc) is 2.69. The molecule has 2 aliphatic heterocycles. The molecule has 2 heterocycles. The predicted octanol–water partition coefficient (Wildman–Crippen LogP) is 4.07. The number of halogens is 1. The highest BCUT2D eigenvalue weighted by atomic mass is 35.5. The van der Waals surface area contributed by atoms with Gasteiger partial charge in [0.1, 0.15) is 5.78 Å². The zero-order valence-electron chi connectivity index (χ0n) is 15.2. The zero-order valence-corrected chi connectivity index (χ0v) is 16.0. The van der Waals surface area contributed by atoms with E-state index in [1.165, 1.54) is 23.2 Å². The van der Waals surface area contributed by atoms with E-state index in [9.17, 15) is 9.90 Å². The Labute approximate surface area is 164 Å². The second-order valence-electron chi connectivity index (χ2n) is 7.43. The third-order valence-electron chi connectivity index (χ3n) is 5.38. The van der Waals surface area contributed by atoms with Gasteiger partial charge in [0.2, 0.25) is 0 Å². The molecular weight excluding hydrogens is 362 g/mol. The summed E-state index contributed by atoms with van der Waals surface area (Å²) in [7, 11) is 0. The Bertz CT molecular complexity index is 851. The lowest BCUT2D eigenvalue weighted by Gasteiger charge is -2.28. The summed E-state index contributed by atoms with van der Waals surface area (Å²) in [5.41, 5.74) is 5.76. The molecule has 5 heteroatoms. The minimum absolute atomic E-state index is 0.127. The van der Waals surface area contributed by atoms with Crippen molar-refractivity contribution in [2.45, 2.75) is 44.3 Å². The normalized spacial score (nSPS) is 22.2. The fourth-order valence-electron chi connectivity index (χ4n) is 3.94. The topological polar surface area (TPSA) is 58.6 Å². The standard InChI is InChI=1S/C22H24ClNO3/c23-20-6-5-16(22-12-18(26)11-19(13-25)27-22)10-17(20)8-14-3-4-15-2-1-7-24-21(15)9-14/h3-6,9-10,19,22,24-25H,1-2,7-8,11-13H2. The van der Waals surface area contributed by atoms with E-state index in [2.05, 4.69) is 23.5 Å². The van der Waals surface area contributed by atoms with Gasteiger partial charge in [0, 0.05) is 30.1 Å². The molecule has 0 radical (unpaired) electrons. The maximum Gasteiger partial charge on any atom is 0.138 e. The van der Waals surface area contributed by atoms with Crippen LogP contribution in [-0.2, 0) is 22.4 Å². The van der Waals surface area contributed by atoms with Crippen molar-refractivity contribution < 1.29 is 14.6 Å².